The van der Waals surface area contributed by atoms with Crippen molar-refractivity contribution in [1.29, 1.82) is 0 Å². The monoisotopic (exact) mass is 514 g/mol. The zero-order valence-electron chi connectivity index (χ0n) is 20.7. The van der Waals surface area contributed by atoms with Gasteiger partial charge in [0.1, 0.15) is 6.04 Å². The predicted octanol–water partition coefficient (Wildman–Crippen LogP) is 3.49. The normalized spacial score (nSPS) is 20.8. The third kappa shape index (κ3) is 4.97. The Labute approximate surface area is 220 Å². The molecular weight excluding hydrogens is 484 g/mol. The summed E-state index contributed by atoms with van der Waals surface area (Å²) >= 11 is 1.79. The molecule has 190 valence electrons. The number of benzene rings is 2. The molecule has 1 unspecified atom stereocenters. The van der Waals surface area contributed by atoms with Crippen LogP contribution in [0.15, 0.2) is 60.0 Å². The lowest BCUT2D eigenvalue weighted by atomic mass is 10.0. The van der Waals surface area contributed by atoms with Crippen molar-refractivity contribution in [1.82, 2.24) is 20.0 Å². The zero-order valence-corrected chi connectivity index (χ0v) is 21.5. The third-order valence-electron chi connectivity index (χ3n) is 7.66. The fourth-order valence-electron chi connectivity index (χ4n) is 5.66. The third-order valence-corrected chi connectivity index (χ3v) is 8.56. The summed E-state index contributed by atoms with van der Waals surface area (Å²) in [4.78, 5) is 44.7. The standard InChI is InChI=1S/C29H30N4O3S/c34-27-10-9-25(28(35)30-27)33-19-22-16-20(7-8-24(22)29(33)36)17-31-11-13-32(14-12-31)18-21-4-1-2-5-23(21)26-6-3-15-37-26/h1-8,15-16,25H,9-14,17-19H2,(H,30,34,35). The first-order valence-corrected chi connectivity index (χ1v) is 13.8. The molecule has 8 heteroatoms. The van der Waals surface area contributed by atoms with E-state index < -0.39 is 6.04 Å². The van der Waals surface area contributed by atoms with Gasteiger partial charge in [-0.1, -0.05) is 42.5 Å². The van der Waals surface area contributed by atoms with Gasteiger partial charge in [-0.3, -0.25) is 29.5 Å². The molecule has 0 spiro atoms. The van der Waals surface area contributed by atoms with Crippen molar-refractivity contribution in [2.45, 2.75) is 38.5 Å². The van der Waals surface area contributed by atoms with Gasteiger partial charge in [0.2, 0.25) is 11.8 Å². The fraction of sp³-hybridized carbons (Fsp3) is 0.345. The summed E-state index contributed by atoms with van der Waals surface area (Å²) in [6.07, 6.45) is 0.659. The van der Waals surface area contributed by atoms with Crippen LogP contribution in [0.3, 0.4) is 0 Å². The maximum absolute atomic E-state index is 13.0. The Hall–Kier alpha value is -3.33. The van der Waals surface area contributed by atoms with Crippen LogP contribution in [-0.2, 0) is 29.2 Å². The van der Waals surface area contributed by atoms with Gasteiger partial charge in [-0.25, -0.2) is 0 Å². The molecule has 2 fully saturated rings. The molecule has 1 N–H and O–H groups in total. The number of nitrogens with one attached hydrogen (secondary N) is 1. The summed E-state index contributed by atoms with van der Waals surface area (Å²) in [6.45, 7) is 6.26. The van der Waals surface area contributed by atoms with E-state index in [0.29, 0.717) is 18.5 Å². The average molecular weight is 515 g/mol. The Kier molecular flexibility index (Phi) is 6.63. The summed E-state index contributed by atoms with van der Waals surface area (Å²) in [7, 11) is 0. The molecule has 2 aromatic carbocycles. The largest absolute Gasteiger partial charge is 0.322 e. The average Bonchev–Trinajstić information content (AvgIpc) is 3.54. The summed E-state index contributed by atoms with van der Waals surface area (Å²) in [6, 6.07) is 18.5. The number of hydrogen-bond donors (Lipinski definition) is 1. The summed E-state index contributed by atoms with van der Waals surface area (Å²) in [5, 5.41) is 4.50. The number of amides is 3. The molecule has 0 saturated carbocycles. The van der Waals surface area contributed by atoms with Crippen molar-refractivity contribution >= 4 is 29.1 Å². The summed E-state index contributed by atoms with van der Waals surface area (Å²) in [5.74, 6) is -0.750. The van der Waals surface area contributed by atoms with Gasteiger partial charge in [0.05, 0.1) is 0 Å². The molecule has 7 nitrogen and oxygen atoms in total. The first-order chi connectivity index (χ1) is 18.0. The fourth-order valence-corrected chi connectivity index (χ4v) is 6.45. The lowest BCUT2D eigenvalue weighted by Crippen LogP contribution is -2.52. The molecular formula is C29H30N4O3S. The number of thiophene rings is 1. The van der Waals surface area contributed by atoms with Crippen molar-refractivity contribution in [3.8, 4) is 10.4 Å². The second-order valence-electron chi connectivity index (χ2n) is 10.1. The van der Waals surface area contributed by atoms with E-state index in [2.05, 4.69) is 63.0 Å². The van der Waals surface area contributed by atoms with Gasteiger partial charge < -0.3 is 4.90 Å². The van der Waals surface area contributed by atoms with Crippen LogP contribution in [0.4, 0.5) is 0 Å². The molecule has 3 aromatic rings. The van der Waals surface area contributed by atoms with E-state index in [1.807, 2.05) is 12.1 Å². The van der Waals surface area contributed by atoms with Crippen LogP contribution in [0, 0.1) is 0 Å². The Morgan fingerprint density at radius 3 is 2.41 bits per heavy atom. The van der Waals surface area contributed by atoms with Gasteiger partial charge in [0.25, 0.3) is 5.91 Å². The number of fused-ring (bicyclic) bond motifs is 1. The van der Waals surface area contributed by atoms with Crippen molar-refractivity contribution in [3.63, 3.8) is 0 Å². The molecule has 6 rings (SSSR count). The lowest BCUT2D eigenvalue weighted by molar-refractivity contribution is -0.136. The zero-order chi connectivity index (χ0) is 25.4. The van der Waals surface area contributed by atoms with Crippen molar-refractivity contribution in [2.24, 2.45) is 0 Å². The van der Waals surface area contributed by atoms with Crippen molar-refractivity contribution < 1.29 is 14.4 Å². The minimum absolute atomic E-state index is 0.118. The molecule has 0 radical (unpaired) electrons. The van der Waals surface area contributed by atoms with E-state index in [0.717, 1.165) is 44.8 Å². The van der Waals surface area contributed by atoms with Gasteiger partial charge in [-0.15, -0.1) is 11.3 Å². The highest BCUT2D eigenvalue weighted by atomic mass is 32.1. The second-order valence-corrected chi connectivity index (χ2v) is 11.0. The van der Waals surface area contributed by atoms with E-state index in [1.54, 1.807) is 16.2 Å². The molecule has 1 atom stereocenters. The SMILES string of the molecule is O=C1CCC(N2Cc3cc(CN4CCN(Cc5ccccc5-c5cccs5)CC4)ccc3C2=O)C(=O)N1. The highest BCUT2D eigenvalue weighted by molar-refractivity contribution is 7.13. The molecule has 0 aliphatic carbocycles. The van der Waals surface area contributed by atoms with Gasteiger partial charge in [0, 0.05) is 62.7 Å². The van der Waals surface area contributed by atoms with Crippen LogP contribution >= 0.6 is 11.3 Å². The number of carbonyl (C=O) groups excluding carboxylic acids is 3. The number of hydrogen-bond acceptors (Lipinski definition) is 6. The predicted molar refractivity (Wildman–Crippen MR) is 143 cm³/mol. The molecule has 1 aromatic heterocycles. The molecule has 3 aliphatic rings. The molecule has 0 bridgehead atoms. The molecule has 4 heterocycles. The number of imide groups is 1. The molecule has 2 saturated heterocycles. The topological polar surface area (TPSA) is 73.0 Å². The van der Waals surface area contributed by atoms with Crippen LogP contribution < -0.4 is 5.32 Å². The lowest BCUT2D eigenvalue weighted by Gasteiger charge is -2.35. The Balaban J connectivity index is 1.06. The van der Waals surface area contributed by atoms with E-state index in [-0.39, 0.29) is 24.1 Å². The summed E-state index contributed by atoms with van der Waals surface area (Å²) < 4.78 is 0. The number of rotatable bonds is 6. The van der Waals surface area contributed by atoms with E-state index in [4.69, 9.17) is 0 Å². The maximum atomic E-state index is 13.0. The van der Waals surface area contributed by atoms with Gasteiger partial charge in [0.15, 0.2) is 0 Å². The van der Waals surface area contributed by atoms with Crippen LogP contribution in [0.2, 0.25) is 0 Å². The molecule has 3 amide bonds. The highest BCUT2D eigenvalue weighted by Crippen LogP contribution is 2.30. The minimum atomic E-state index is -0.570. The number of piperazine rings is 1. The first-order valence-electron chi connectivity index (χ1n) is 12.9. The Bertz CT molecular complexity index is 1330. The maximum Gasteiger partial charge on any atom is 0.255 e. The number of nitrogens with zero attached hydrogens (tertiary/aromatic N) is 3. The van der Waals surface area contributed by atoms with Crippen LogP contribution in [0.5, 0.6) is 0 Å². The highest BCUT2D eigenvalue weighted by Gasteiger charge is 2.39. The first kappa shape index (κ1) is 24.0. The molecule has 37 heavy (non-hydrogen) atoms. The van der Waals surface area contributed by atoms with Crippen molar-refractivity contribution in [3.05, 3.63) is 82.2 Å². The second kappa shape index (κ2) is 10.2. The minimum Gasteiger partial charge on any atom is -0.322 e. The van der Waals surface area contributed by atoms with Gasteiger partial charge in [-0.2, -0.15) is 0 Å². The summed E-state index contributed by atoms with van der Waals surface area (Å²) in [5.41, 5.74) is 5.54. The number of carbonyl (C=O) groups is 3. The Morgan fingerprint density at radius 1 is 0.865 bits per heavy atom. The molecule has 3 aliphatic heterocycles. The number of piperidine rings is 1. The van der Waals surface area contributed by atoms with E-state index in [9.17, 15) is 14.4 Å². The van der Waals surface area contributed by atoms with Crippen molar-refractivity contribution in [2.75, 3.05) is 26.2 Å². The van der Waals surface area contributed by atoms with E-state index in [1.165, 1.54) is 21.6 Å². The Morgan fingerprint density at radius 2 is 1.65 bits per heavy atom. The van der Waals surface area contributed by atoms with Crippen LogP contribution in [-0.4, -0.2) is 64.6 Å². The smallest absolute Gasteiger partial charge is 0.255 e. The van der Waals surface area contributed by atoms with Crippen LogP contribution in [0.1, 0.15) is 39.9 Å². The van der Waals surface area contributed by atoms with Gasteiger partial charge in [-0.05, 0) is 46.2 Å². The van der Waals surface area contributed by atoms with E-state index >= 15 is 0 Å². The van der Waals surface area contributed by atoms with Gasteiger partial charge >= 0.3 is 0 Å². The van der Waals surface area contributed by atoms with Crippen LogP contribution in [0.25, 0.3) is 10.4 Å². The quantitative estimate of drug-likeness (QED) is 0.510.